The zero-order chi connectivity index (χ0) is 9.10. The van der Waals surface area contributed by atoms with E-state index in [-0.39, 0.29) is 0 Å². The van der Waals surface area contributed by atoms with Gasteiger partial charge < -0.3 is 5.73 Å². The van der Waals surface area contributed by atoms with E-state index in [0.717, 1.165) is 18.7 Å². The van der Waals surface area contributed by atoms with Crippen LogP contribution in [-0.2, 0) is 13.0 Å². The molecule has 5 heteroatoms. The third-order valence-electron chi connectivity index (χ3n) is 1.82. The average molecular weight is 177 g/mol. The summed E-state index contributed by atoms with van der Waals surface area (Å²) in [5, 5.41) is 10.8. The number of hydrogen-bond donors (Lipinski definition) is 2. The SMILES string of the molecule is Nc1cc(CCn2cccn2)[nH]n1. The van der Waals surface area contributed by atoms with Crippen molar-refractivity contribution >= 4 is 5.82 Å². The topological polar surface area (TPSA) is 72.5 Å². The second kappa shape index (κ2) is 3.30. The Balaban J connectivity index is 1.93. The molecule has 0 amide bonds. The van der Waals surface area contributed by atoms with Crippen LogP contribution in [0, 0.1) is 0 Å². The summed E-state index contributed by atoms with van der Waals surface area (Å²) in [7, 11) is 0. The van der Waals surface area contributed by atoms with Crippen molar-refractivity contribution in [2.24, 2.45) is 0 Å². The Bertz CT molecular complexity index is 362. The molecule has 0 spiro atoms. The molecule has 0 bridgehead atoms. The molecule has 2 aromatic rings. The van der Waals surface area contributed by atoms with Crippen molar-refractivity contribution < 1.29 is 0 Å². The first-order valence-corrected chi connectivity index (χ1v) is 4.12. The number of aryl methyl sites for hydroxylation is 2. The minimum atomic E-state index is 0.537. The Morgan fingerprint density at radius 2 is 2.46 bits per heavy atom. The molecule has 0 aliphatic carbocycles. The fourth-order valence-corrected chi connectivity index (χ4v) is 1.18. The van der Waals surface area contributed by atoms with Crippen molar-refractivity contribution in [3.63, 3.8) is 0 Å². The van der Waals surface area contributed by atoms with E-state index >= 15 is 0 Å². The molecular weight excluding hydrogens is 166 g/mol. The van der Waals surface area contributed by atoms with E-state index in [1.165, 1.54) is 0 Å². The van der Waals surface area contributed by atoms with Crippen LogP contribution in [0.25, 0.3) is 0 Å². The number of anilines is 1. The van der Waals surface area contributed by atoms with Gasteiger partial charge in [-0.2, -0.15) is 10.2 Å². The van der Waals surface area contributed by atoms with E-state index in [9.17, 15) is 0 Å². The summed E-state index contributed by atoms with van der Waals surface area (Å²) in [6.07, 6.45) is 4.56. The number of nitrogens with zero attached hydrogens (tertiary/aromatic N) is 3. The van der Waals surface area contributed by atoms with Gasteiger partial charge in [0.2, 0.25) is 0 Å². The number of aromatic amines is 1. The highest BCUT2D eigenvalue weighted by atomic mass is 15.3. The molecule has 2 heterocycles. The zero-order valence-corrected chi connectivity index (χ0v) is 7.14. The lowest BCUT2D eigenvalue weighted by Crippen LogP contribution is -2.01. The van der Waals surface area contributed by atoms with Crippen LogP contribution in [0.2, 0.25) is 0 Å². The molecule has 0 unspecified atom stereocenters. The van der Waals surface area contributed by atoms with E-state index in [4.69, 9.17) is 5.73 Å². The lowest BCUT2D eigenvalue weighted by molar-refractivity contribution is 0.607. The van der Waals surface area contributed by atoms with Crippen LogP contribution in [0.5, 0.6) is 0 Å². The minimum Gasteiger partial charge on any atom is -0.382 e. The Morgan fingerprint density at radius 3 is 3.08 bits per heavy atom. The van der Waals surface area contributed by atoms with E-state index in [1.807, 2.05) is 23.0 Å². The van der Waals surface area contributed by atoms with Crippen molar-refractivity contribution in [1.29, 1.82) is 0 Å². The Kier molecular flexibility index (Phi) is 1.99. The second-order valence-electron chi connectivity index (χ2n) is 2.84. The molecule has 5 nitrogen and oxygen atoms in total. The van der Waals surface area contributed by atoms with Gasteiger partial charge in [0.15, 0.2) is 0 Å². The first kappa shape index (κ1) is 7.85. The van der Waals surface area contributed by atoms with Crippen LogP contribution in [-0.4, -0.2) is 20.0 Å². The molecule has 0 atom stereocenters. The fraction of sp³-hybridized carbons (Fsp3) is 0.250. The van der Waals surface area contributed by atoms with Crippen molar-refractivity contribution in [3.05, 3.63) is 30.2 Å². The first-order chi connectivity index (χ1) is 6.34. The lowest BCUT2D eigenvalue weighted by atomic mass is 10.3. The molecule has 0 fully saturated rings. The summed E-state index contributed by atoms with van der Waals surface area (Å²) >= 11 is 0. The Hall–Kier alpha value is -1.78. The van der Waals surface area contributed by atoms with Gasteiger partial charge in [0.1, 0.15) is 5.82 Å². The van der Waals surface area contributed by atoms with Gasteiger partial charge in [-0.3, -0.25) is 9.78 Å². The number of aromatic nitrogens is 4. The molecule has 3 N–H and O–H groups in total. The number of nitrogens with one attached hydrogen (secondary N) is 1. The van der Waals surface area contributed by atoms with Crippen LogP contribution < -0.4 is 5.73 Å². The smallest absolute Gasteiger partial charge is 0.145 e. The molecule has 0 aliphatic rings. The monoisotopic (exact) mass is 177 g/mol. The average Bonchev–Trinajstić information content (AvgIpc) is 2.71. The molecule has 13 heavy (non-hydrogen) atoms. The van der Waals surface area contributed by atoms with Gasteiger partial charge in [-0.05, 0) is 6.07 Å². The van der Waals surface area contributed by atoms with Crippen LogP contribution in [0.3, 0.4) is 0 Å². The number of hydrogen-bond acceptors (Lipinski definition) is 3. The molecule has 2 aromatic heterocycles. The van der Waals surface area contributed by atoms with E-state index in [0.29, 0.717) is 5.82 Å². The minimum absolute atomic E-state index is 0.537. The van der Waals surface area contributed by atoms with Gasteiger partial charge in [0.25, 0.3) is 0 Å². The predicted octanol–water partition coefficient (Wildman–Crippen LogP) is 0.431. The third-order valence-corrected chi connectivity index (χ3v) is 1.82. The van der Waals surface area contributed by atoms with Crippen LogP contribution in [0.4, 0.5) is 5.82 Å². The van der Waals surface area contributed by atoms with Crippen molar-refractivity contribution in [2.75, 3.05) is 5.73 Å². The van der Waals surface area contributed by atoms with Gasteiger partial charge in [0, 0.05) is 37.1 Å². The lowest BCUT2D eigenvalue weighted by Gasteiger charge is -1.97. The van der Waals surface area contributed by atoms with Crippen molar-refractivity contribution in [1.82, 2.24) is 20.0 Å². The van der Waals surface area contributed by atoms with Crippen molar-refractivity contribution in [3.8, 4) is 0 Å². The molecule has 0 aromatic carbocycles. The summed E-state index contributed by atoms with van der Waals surface area (Å²) in [5.41, 5.74) is 6.50. The molecule has 68 valence electrons. The highest BCUT2D eigenvalue weighted by Gasteiger charge is 1.97. The largest absolute Gasteiger partial charge is 0.382 e. The van der Waals surface area contributed by atoms with Gasteiger partial charge in [-0.15, -0.1) is 0 Å². The first-order valence-electron chi connectivity index (χ1n) is 4.12. The van der Waals surface area contributed by atoms with Crippen LogP contribution in [0.1, 0.15) is 5.69 Å². The number of nitrogens with two attached hydrogens (primary N) is 1. The van der Waals surface area contributed by atoms with Gasteiger partial charge in [-0.1, -0.05) is 0 Å². The number of nitrogen functional groups attached to an aromatic ring is 1. The molecule has 0 saturated heterocycles. The predicted molar refractivity (Wildman–Crippen MR) is 48.9 cm³/mol. The molecular formula is C8H11N5. The molecule has 0 aliphatic heterocycles. The molecule has 0 saturated carbocycles. The summed E-state index contributed by atoms with van der Waals surface area (Å²) in [4.78, 5) is 0. The standard InChI is InChI=1S/C8H11N5/c9-8-6-7(11-12-8)2-5-13-4-1-3-10-13/h1,3-4,6H,2,5H2,(H3,9,11,12). The summed E-state index contributed by atoms with van der Waals surface area (Å²) in [6.45, 7) is 0.842. The normalized spacial score (nSPS) is 10.5. The summed E-state index contributed by atoms with van der Waals surface area (Å²) in [6, 6.07) is 3.74. The van der Waals surface area contributed by atoms with Crippen LogP contribution in [0.15, 0.2) is 24.5 Å². The zero-order valence-electron chi connectivity index (χ0n) is 7.14. The van der Waals surface area contributed by atoms with Gasteiger partial charge in [-0.25, -0.2) is 0 Å². The van der Waals surface area contributed by atoms with Gasteiger partial charge in [0.05, 0.1) is 0 Å². The quantitative estimate of drug-likeness (QED) is 0.714. The maximum atomic E-state index is 5.46. The van der Waals surface area contributed by atoms with E-state index < -0.39 is 0 Å². The maximum absolute atomic E-state index is 5.46. The van der Waals surface area contributed by atoms with Crippen LogP contribution >= 0.6 is 0 Å². The Labute approximate surface area is 75.6 Å². The highest BCUT2D eigenvalue weighted by molar-refractivity contribution is 5.28. The third kappa shape index (κ3) is 1.87. The summed E-state index contributed by atoms with van der Waals surface area (Å²) < 4.78 is 1.87. The van der Waals surface area contributed by atoms with Crippen molar-refractivity contribution in [2.45, 2.75) is 13.0 Å². The van der Waals surface area contributed by atoms with Gasteiger partial charge >= 0.3 is 0 Å². The highest BCUT2D eigenvalue weighted by Crippen LogP contribution is 2.01. The summed E-state index contributed by atoms with van der Waals surface area (Å²) in [5.74, 6) is 0.537. The second-order valence-corrected chi connectivity index (χ2v) is 2.84. The Morgan fingerprint density at radius 1 is 1.54 bits per heavy atom. The van der Waals surface area contributed by atoms with E-state index in [1.54, 1.807) is 6.20 Å². The number of H-pyrrole nitrogens is 1. The fourth-order valence-electron chi connectivity index (χ4n) is 1.18. The molecule has 2 rings (SSSR count). The maximum Gasteiger partial charge on any atom is 0.145 e. The number of rotatable bonds is 3. The van der Waals surface area contributed by atoms with E-state index in [2.05, 4.69) is 15.3 Å². The molecule has 0 radical (unpaired) electrons.